The van der Waals surface area contributed by atoms with E-state index >= 15 is 0 Å². The summed E-state index contributed by atoms with van der Waals surface area (Å²) in [6.45, 7) is 1.14. The van der Waals surface area contributed by atoms with Crippen LogP contribution in [0.2, 0.25) is 0 Å². The largest absolute Gasteiger partial charge is 0.573 e. The lowest BCUT2D eigenvalue weighted by Crippen LogP contribution is -2.23. The molecule has 0 radical (unpaired) electrons. The van der Waals surface area contributed by atoms with Gasteiger partial charge in [-0.05, 0) is 29.8 Å². The third kappa shape index (κ3) is 6.56. The van der Waals surface area contributed by atoms with Crippen molar-refractivity contribution in [3.05, 3.63) is 78.4 Å². The molecule has 29 heavy (non-hydrogen) atoms. The second kappa shape index (κ2) is 9.13. The molecule has 0 aliphatic rings. The number of benzene rings is 2. The van der Waals surface area contributed by atoms with E-state index in [2.05, 4.69) is 32.2 Å². The molecule has 3 rings (SSSR count). The fourth-order valence-electron chi connectivity index (χ4n) is 2.70. The van der Waals surface area contributed by atoms with E-state index in [1.54, 1.807) is 6.20 Å². The number of guanidine groups is 1. The molecule has 1 heterocycles. The van der Waals surface area contributed by atoms with Gasteiger partial charge in [0.1, 0.15) is 11.6 Å². The minimum Gasteiger partial charge on any atom is -0.406 e. The predicted molar refractivity (Wildman–Crippen MR) is 105 cm³/mol. The number of ether oxygens (including phenoxy) is 1. The summed E-state index contributed by atoms with van der Waals surface area (Å²) >= 11 is 0. The molecule has 0 unspecified atom stereocenters. The summed E-state index contributed by atoms with van der Waals surface area (Å²) < 4.78 is 42.4. The van der Waals surface area contributed by atoms with Gasteiger partial charge in [0.05, 0.1) is 0 Å². The number of nitrogens with zero attached hydrogens (tertiary/aromatic N) is 3. The van der Waals surface area contributed by atoms with Gasteiger partial charge in [0.15, 0.2) is 5.96 Å². The highest BCUT2D eigenvalue weighted by atomic mass is 19.4. The van der Waals surface area contributed by atoms with Gasteiger partial charge < -0.3 is 20.4 Å². The molecule has 0 saturated carbocycles. The van der Waals surface area contributed by atoms with Crippen molar-refractivity contribution in [3.8, 4) is 5.75 Å². The molecule has 0 aliphatic carbocycles. The van der Waals surface area contributed by atoms with E-state index in [1.807, 2.05) is 29.0 Å². The minimum absolute atomic E-state index is 0.163. The van der Waals surface area contributed by atoms with Crippen LogP contribution in [0.5, 0.6) is 5.75 Å². The van der Waals surface area contributed by atoms with Gasteiger partial charge in [-0.3, -0.25) is 4.99 Å². The molecule has 3 N–H and O–H groups in total. The van der Waals surface area contributed by atoms with Gasteiger partial charge in [-0.25, -0.2) is 4.98 Å². The summed E-state index contributed by atoms with van der Waals surface area (Å²) in [4.78, 5) is 8.60. The Bertz CT molecular complexity index is 937. The van der Waals surface area contributed by atoms with Crippen molar-refractivity contribution in [2.75, 3.05) is 11.9 Å². The van der Waals surface area contributed by atoms with Crippen LogP contribution in [-0.4, -0.2) is 28.4 Å². The Morgan fingerprint density at radius 2 is 1.83 bits per heavy atom. The van der Waals surface area contributed by atoms with Gasteiger partial charge in [-0.1, -0.05) is 30.3 Å². The van der Waals surface area contributed by atoms with Crippen molar-refractivity contribution in [3.63, 3.8) is 0 Å². The average Bonchev–Trinajstić information content (AvgIpc) is 3.10. The number of anilines is 1. The first kappa shape index (κ1) is 20.2. The van der Waals surface area contributed by atoms with E-state index in [4.69, 9.17) is 5.73 Å². The van der Waals surface area contributed by atoms with Crippen LogP contribution in [0.4, 0.5) is 18.9 Å². The molecule has 0 saturated heterocycles. The Morgan fingerprint density at radius 1 is 1.10 bits per heavy atom. The van der Waals surface area contributed by atoms with Crippen molar-refractivity contribution in [2.45, 2.75) is 19.3 Å². The molecule has 0 atom stereocenters. The lowest BCUT2D eigenvalue weighted by atomic mass is 10.2. The van der Waals surface area contributed by atoms with Gasteiger partial charge in [0.2, 0.25) is 0 Å². The van der Waals surface area contributed by atoms with Crippen LogP contribution in [-0.2, 0) is 13.0 Å². The molecule has 0 spiro atoms. The summed E-state index contributed by atoms with van der Waals surface area (Å²) in [6.07, 6.45) is -0.464. The van der Waals surface area contributed by atoms with Crippen LogP contribution in [0.3, 0.4) is 0 Å². The van der Waals surface area contributed by atoms with E-state index < -0.39 is 6.36 Å². The molecule has 6 nitrogen and oxygen atoms in total. The topological polar surface area (TPSA) is 77.5 Å². The van der Waals surface area contributed by atoms with Crippen molar-refractivity contribution in [2.24, 2.45) is 10.7 Å². The van der Waals surface area contributed by atoms with Crippen molar-refractivity contribution < 1.29 is 17.9 Å². The van der Waals surface area contributed by atoms with Crippen molar-refractivity contribution in [1.29, 1.82) is 0 Å². The number of nitrogens with one attached hydrogen (secondary N) is 1. The van der Waals surface area contributed by atoms with Gasteiger partial charge in [0, 0.05) is 37.6 Å². The molecule has 3 aromatic rings. The monoisotopic (exact) mass is 403 g/mol. The number of rotatable bonds is 7. The van der Waals surface area contributed by atoms with Crippen molar-refractivity contribution >= 4 is 11.6 Å². The van der Waals surface area contributed by atoms with Crippen LogP contribution in [0.1, 0.15) is 11.4 Å². The molecule has 152 valence electrons. The molecule has 0 aliphatic heterocycles. The lowest BCUT2D eigenvalue weighted by molar-refractivity contribution is -0.274. The highest BCUT2D eigenvalue weighted by Gasteiger charge is 2.30. The maximum Gasteiger partial charge on any atom is 0.573 e. The molecule has 0 fully saturated rings. The molecule has 0 bridgehead atoms. The summed E-state index contributed by atoms with van der Waals surface area (Å²) in [5, 5.41) is 2.83. The Labute approximate surface area is 165 Å². The predicted octanol–water partition coefficient (Wildman–Crippen LogP) is 3.80. The quantitative estimate of drug-likeness (QED) is 0.465. The van der Waals surface area contributed by atoms with Crippen LogP contribution in [0, 0.1) is 0 Å². The van der Waals surface area contributed by atoms with Crippen LogP contribution >= 0.6 is 0 Å². The van der Waals surface area contributed by atoms with E-state index in [9.17, 15) is 13.2 Å². The Morgan fingerprint density at radius 3 is 2.52 bits per heavy atom. The number of imidazole rings is 1. The standard InChI is InChI=1S/C20H20F3N5O/c21-20(22,23)29-17-8-6-16(7-9-17)27-19(24)26-11-10-18-25-12-13-28(18)14-15-4-2-1-3-5-15/h1-9,12-13H,10-11,14H2,(H3,24,26,27). The molecular formula is C20H20F3N5O. The fraction of sp³-hybridized carbons (Fsp3) is 0.200. The number of aromatic nitrogens is 2. The number of alkyl halides is 3. The molecule has 2 aromatic carbocycles. The maximum atomic E-state index is 12.2. The zero-order chi connectivity index (χ0) is 20.7. The number of aliphatic imine (C=N–C) groups is 1. The van der Waals surface area contributed by atoms with E-state index in [-0.39, 0.29) is 11.7 Å². The second-order valence-corrected chi connectivity index (χ2v) is 6.17. The Hall–Kier alpha value is -3.49. The highest BCUT2D eigenvalue weighted by molar-refractivity contribution is 5.92. The van der Waals surface area contributed by atoms with Crippen molar-refractivity contribution in [1.82, 2.24) is 9.55 Å². The first-order chi connectivity index (χ1) is 13.9. The Kier molecular flexibility index (Phi) is 6.38. The normalized spacial score (nSPS) is 12.0. The van der Waals surface area contributed by atoms with E-state index in [0.717, 1.165) is 12.4 Å². The molecule has 0 amide bonds. The summed E-state index contributed by atoms with van der Waals surface area (Å²) in [6, 6.07) is 15.3. The first-order valence-corrected chi connectivity index (χ1v) is 8.86. The number of hydrogen-bond donors (Lipinski definition) is 2. The first-order valence-electron chi connectivity index (χ1n) is 8.86. The second-order valence-electron chi connectivity index (χ2n) is 6.17. The molecule has 9 heteroatoms. The summed E-state index contributed by atoms with van der Waals surface area (Å²) in [5.41, 5.74) is 7.53. The Balaban J connectivity index is 1.51. The maximum absolute atomic E-state index is 12.2. The highest BCUT2D eigenvalue weighted by Crippen LogP contribution is 2.23. The summed E-state index contributed by atoms with van der Waals surface area (Å²) in [5.74, 6) is 0.749. The zero-order valence-corrected chi connectivity index (χ0v) is 15.4. The SMILES string of the molecule is NC(=NCCc1nccn1Cc1ccccc1)Nc1ccc(OC(F)(F)F)cc1. The van der Waals surface area contributed by atoms with Gasteiger partial charge in [0.25, 0.3) is 0 Å². The molecule has 1 aromatic heterocycles. The summed E-state index contributed by atoms with van der Waals surface area (Å²) in [7, 11) is 0. The minimum atomic E-state index is -4.72. The van der Waals surface area contributed by atoms with Gasteiger partial charge >= 0.3 is 6.36 Å². The third-order valence-electron chi connectivity index (χ3n) is 3.98. The number of hydrogen-bond acceptors (Lipinski definition) is 3. The van der Waals surface area contributed by atoms with E-state index in [1.165, 1.54) is 29.8 Å². The average molecular weight is 403 g/mol. The van der Waals surface area contributed by atoms with Crippen LogP contribution in [0.25, 0.3) is 0 Å². The van der Waals surface area contributed by atoms with Crippen LogP contribution in [0.15, 0.2) is 72.0 Å². The zero-order valence-electron chi connectivity index (χ0n) is 15.4. The van der Waals surface area contributed by atoms with Gasteiger partial charge in [-0.2, -0.15) is 0 Å². The van der Waals surface area contributed by atoms with E-state index in [0.29, 0.717) is 18.7 Å². The molecular weight excluding hydrogens is 383 g/mol. The lowest BCUT2D eigenvalue weighted by Gasteiger charge is -2.10. The smallest absolute Gasteiger partial charge is 0.406 e. The number of nitrogens with two attached hydrogens (primary N) is 1. The number of halogens is 3. The fourth-order valence-corrected chi connectivity index (χ4v) is 2.70. The van der Waals surface area contributed by atoms with Gasteiger partial charge in [-0.15, -0.1) is 13.2 Å². The third-order valence-corrected chi connectivity index (χ3v) is 3.98. The van der Waals surface area contributed by atoms with Crippen LogP contribution < -0.4 is 15.8 Å².